The summed E-state index contributed by atoms with van der Waals surface area (Å²) in [7, 11) is 1.52. The molecule has 1 aromatic carbocycles. The van der Waals surface area contributed by atoms with Crippen molar-refractivity contribution in [2.24, 2.45) is 5.41 Å². The van der Waals surface area contributed by atoms with E-state index >= 15 is 0 Å². The Bertz CT molecular complexity index is 634. The van der Waals surface area contributed by atoms with Gasteiger partial charge in [-0.25, -0.2) is 0 Å². The first-order valence-corrected chi connectivity index (χ1v) is 11.0. The zero-order chi connectivity index (χ0) is 21.7. The lowest BCUT2D eigenvalue weighted by Gasteiger charge is -2.27. The summed E-state index contributed by atoms with van der Waals surface area (Å²) in [6.45, 7) is 8.07. The molecule has 5 heteroatoms. The van der Waals surface area contributed by atoms with E-state index < -0.39 is 17.4 Å². The van der Waals surface area contributed by atoms with Gasteiger partial charge in [0, 0.05) is 0 Å². The van der Waals surface area contributed by atoms with Crippen LogP contribution in [0.4, 0.5) is 0 Å². The Balaban J connectivity index is 2.67. The molecule has 0 atom stereocenters. The molecule has 0 N–H and O–H groups in total. The lowest BCUT2D eigenvalue weighted by Crippen LogP contribution is -2.42. The van der Waals surface area contributed by atoms with E-state index in [1.165, 1.54) is 32.8 Å². The molecule has 0 bridgehead atoms. The monoisotopic (exact) mass is 406 g/mol. The molecule has 0 unspecified atom stereocenters. The smallest absolute Gasteiger partial charge is 0.328 e. The van der Waals surface area contributed by atoms with Gasteiger partial charge in [-0.15, -0.1) is 0 Å². The molecule has 29 heavy (non-hydrogen) atoms. The summed E-state index contributed by atoms with van der Waals surface area (Å²) in [5.41, 5.74) is -0.357. The van der Waals surface area contributed by atoms with E-state index in [2.05, 4.69) is 6.92 Å². The average Bonchev–Trinajstić information content (AvgIpc) is 2.71. The van der Waals surface area contributed by atoms with Gasteiger partial charge in [0.05, 0.1) is 13.7 Å². The van der Waals surface area contributed by atoms with Crippen molar-refractivity contribution in [2.45, 2.75) is 85.5 Å². The number of carbonyl (C=O) groups is 2. The number of methoxy groups -OCH3 is 1. The second-order valence-corrected chi connectivity index (χ2v) is 7.59. The van der Waals surface area contributed by atoms with E-state index in [0.29, 0.717) is 30.9 Å². The van der Waals surface area contributed by atoms with Crippen LogP contribution < -0.4 is 9.47 Å². The summed E-state index contributed by atoms with van der Waals surface area (Å²) >= 11 is 0. The Labute approximate surface area is 176 Å². The van der Waals surface area contributed by atoms with Gasteiger partial charge < -0.3 is 14.2 Å². The third-order valence-corrected chi connectivity index (χ3v) is 5.49. The molecule has 164 valence electrons. The molecule has 0 radical (unpaired) electrons. The highest BCUT2D eigenvalue weighted by Crippen LogP contribution is 2.34. The third-order valence-electron chi connectivity index (χ3n) is 5.49. The molecule has 0 spiro atoms. The molecule has 5 nitrogen and oxygen atoms in total. The predicted molar refractivity (Wildman–Crippen MR) is 115 cm³/mol. The number of hydrogen-bond donors (Lipinski definition) is 0. The van der Waals surface area contributed by atoms with Crippen molar-refractivity contribution in [3.8, 4) is 11.5 Å². The molecule has 0 heterocycles. The molecule has 0 aliphatic carbocycles. The summed E-state index contributed by atoms with van der Waals surface area (Å²) in [6, 6.07) is 5.35. The van der Waals surface area contributed by atoms with E-state index in [1.54, 1.807) is 12.1 Å². The lowest BCUT2D eigenvalue weighted by molar-refractivity contribution is -0.168. The minimum atomic E-state index is -1.30. The van der Waals surface area contributed by atoms with Gasteiger partial charge in [-0.1, -0.05) is 65.4 Å². The number of aryl methyl sites for hydroxylation is 1. The maximum absolute atomic E-state index is 13.0. The Morgan fingerprint density at radius 3 is 2.07 bits per heavy atom. The fraction of sp³-hybridized carbons (Fsp3) is 0.667. The number of esters is 2. The summed E-state index contributed by atoms with van der Waals surface area (Å²) in [4.78, 5) is 25.8. The quantitative estimate of drug-likeness (QED) is 0.164. The standard InChI is InChI=1S/C24H38O5/c1-6-9-10-11-12-13-14-17-28-22(25)24(7-2,8-3)23(26)29-21-18-19(4)15-16-20(21)27-5/h15-16,18H,6-14,17H2,1-5H3. The fourth-order valence-corrected chi connectivity index (χ4v) is 3.33. The van der Waals surface area contributed by atoms with Gasteiger partial charge in [0.1, 0.15) is 0 Å². The van der Waals surface area contributed by atoms with Crippen LogP contribution in [0.25, 0.3) is 0 Å². The van der Waals surface area contributed by atoms with Crippen LogP contribution in [0.3, 0.4) is 0 Å². The van der Waals surface area contributed by atoms with Crippen LogP contribution in [0, 0.1) is 12.3 Å². The zero-order valence-corrected chi connectivity index (χ0v) is 18.8. The summed E-state index contributed by atoms with van der Waals surface area (Å²) < 4.78 is 16.4. The molecule has 0 aliphatic rings. The first-order valence-electron chi connectivity index (χ1n) is 11.0. The number of unbranched alkanes of at least 4 members (excludes halogenated alkanes) is 6. The van der Waals surface area contributed by atoms with Crippen molar-refractivity contribution in [3.05, 3.63) is 23.8 Å². The molecule has 0 saturated carbocycles. The van der Waals surface area contributed by atoms with Crippen LogP contribution in [0.2, 0.25) is 0 Å². The van der Waals surface area contributed by atoms with Gasteiger partial charge in [0.15, 0.2) is 16.9 Å². The lowest BCUT2D eigenvalue weighted by atomic mass is 9.82. The Morgan fingerprint density at radius 1 is 0.862 bits per heavy atom. The number of carbonyl (C=O) groups excluding carboxylic acids is 2. The number of benzene rings is 1. The van der Waals surface area contributed by atoms with E-state index in [1.807, 2.05) is 26.8 Å². The molecule has 0 saturated heterocycles. The van der Waals surface area contributed by atoms with Gasteiger partial charge in [-0.2, -0.15) is 0 Å². The minimum absolute atomic E-state index is 0.323. The van der Waals surface area contributed by atoms with Crippen LogP contribution in [0.15, 0.2) is 18.2 Å². The van der Waals surface area contributed by atoms with Crippen LogP contribution in [0.5, 0.6) is 11.5 Å². The second-order valence-electron chi connectivity index (χ2n) is 7.59. The van der Waals surface area contributed by atoms with Crippen molar-refractivity contribution in [1.29, 1.82) is 0 Å². The van der Waals surface area contributed by atoms with E-state index in [9.17, 15) is 9.59 Å². The summed E-state index contributed by atoms with van der Waals surface area (Å²) in [5, 5.41) is 0. The van der Waals surface area contributed by atoms with Gasteiger partial charge in [-0.05, 0) is 43.9 Å². The molecule has 0 fully saturated rings. The molecule has 0 aromatic heterocycles. The zero-order valence-electron chi connectivity index (χ0n) is 18.8. The van der Waals surface area contributed by atoms with Crippen LogP contribution >= 0.6 is 0 Å². The van der Waals surface area contributed by atoms with Crippen molar-refractivity contribution >= 4 is 11.9 Å². The number of rotatable bonds is 14. The highest BCUT2D eigenvalue weighted by atomic mass is 16.6. The second kappa shape index (κ2) is 13.2. The molecular formula is C24H38O5. The van der Waals surface area contributed by atoms with Crippen molar-refractivity contribution in [1.82, 2.24) is 0 Å². The van der Waals surface area contributed by atoms with Crippen LogP contribution in [-0.4, -0.2) is 25.7 Å². The number of ether oxygens (including phenoxy) is 3. The normalized spacial score (nSPS) is 11.2. The third kappa shape index (κ3) is 7.37. The highest BCUT2D eigenvalue weighted by Gasteiger charge is 2.46. The van der Waals surface area contributed by atoms with E-state index in [-0.39, 0.29) is 0 Å². The van der Waals surface area contributed by atoms with Gasteiger partial charge in [0.25, 0.3) is 0 Å². The molecule has 0 aliphatic heterocycles. The maximum atomic E-state index is 13.0. The number of hydrogen-bond acceptors (Lipinski definition) is 5. The molecular weight excluding hydrogens is 368 g/mol. The molecule has 1 aromatic rings. The largest absolute Gasteiger partial charge is 0.493 e. The van der Waals surface area contributed by atoms with Crippen LogP contribution in [-0.2, 0) is 14.3 Å². The SMILES string of the molecule is CCCCCCCCCOC(=O)C(CC)(CC)C(=O)Oc1cc(C)ccc1OC. The van der Waals surface area contributed by atoms with Gasteiger partial charge in [0.2, 0.25) is 0 Å². The first-order chi connectivity index (χ1) is 13.9. The van der Waals surface area contributed by atoms with E-state index in [0.717, 1.165) is 24.8 Å². The Kier molecular flexibility index (Phi) is 11.4. The first kappa shape index (κ1) is 25.0. The van der Waals surface area contributed by atoms with Crippen molar-refractivity contribution in [3.63, 3.8) is 0 Å². The summed E-state index contributed by atoms with van der Waals surface area (Å²) in [5.74, 6) is -0.300. The topological polar surface area (TPSA) is 61.8 Å². The van der Waals surface area contributed by atoms with E-state index in [4.69, 9.17) is 14.2 Å². The predicted octanol–water partition coefficient (Wildman–Crippen LogP) is 6.01. The summed E-state index contributed by atoms with van der Waals surface area (Å²) in [6.07, 6.45) is 8.66. The highest BCUT2D eigenvalue weighted by molar-refractivity contribution is 6.00. The van der Waals surface area contributed by atoms with Gasteiger partial charge in [-0.3, -0.25) is 9.59 Å². The molecule has 1 rings (SSSR count). The van der Waals surface area contributed by atoms with Crippen molar-refractivity contribution in [2.75, 3.05) is 13.7 Å². The fourth-order valence-electron chi connectivity index (χ4n) is 3.33. The maximum Gasteiger partial charge on any atom is 0.328 e. The van der Waals surface area contributed by atoms with Crippen molar-refractivity contribution < 1.29 is 23.8 Å². The van der Waals surface area contributed by atoms with Crippen LogP contribution in [0.1, 0.15) is 84.1 Å². The molecule has 0 amide bonds. The Morgan fingerprint density at radius 2 is 1.48 bits per heavy atom. The van der Waals surface area contributed by atoms with Gasteiger partial charge >= 0.3 is 11.9 Å². The minimum Gasteiger partial charge on any atom is -0.493 e. The average molecular weight is 407 g/mol. The Hall–Kier alpha value is -2.04.